The SMILES string of the molecule is Nc1ccncc1-c1ccccc1C(F)(F)F. The molecule has 2 N–H and O–H groups in total. The number of nitrogens with zero attached hydrogens (tertiary/aromatic N) is 1. The van der Waals surface area contributed by atoms with Gasteiger partial charge in [0.2, 0.25) is 0 Å². The lowest BCUT2D eigenvalue weighted by atomic mass is 10.00. The highest BCUT2D eigenvalue weighted by Crippen LogP contribution is 2.38. The van der Waals surface area contributed by atoms with Gasteiger partial charge >= 0.3 is 6.18 Å². The van der Waals surface area contributed by atoms with E-state index in [-0.39, 0.29) is 11.3 Å². The fourth-order valence-electron chi connectivity index (χ4n) is 1.60. The van der Waals surface area contributed by atoms with Gasteiger partial charge < -0.3 is 5.73 Å². The second kappa shape index (κ2) is 4.08. The maximum atomic E-state index is 12.8. The quantitative estimate of drug-likeness (QED) is 0.827. The van der Waals surface area contributed by atoms with Crippen molar-refractivity contribution in [3.63, 3.8) is 0 Å². The smallest absolute Gasteiger partial charge is 0.398 e. The molecule has 0 amide bonds. The second-order valence-corrected chi connectivity index (χ2v) is 3.51. The first-order valence-corrected chi connectivity index (χ1v) is 4.86. The van der Waals surface area contributed by atoms with Crippen molar-refractivity contribution in [3.05, 3.63) is 48.3 Å². The number of nitrogen functional groups attached to an aromatic ring is 1. The van der Waals surface area contributed by atoms with E-state index < -0.39 is 11.7 Å². The standard InChI is InChI=1S/C12H9F3N2/c13-12(14,15)10-4-2-1-3-8(10)9-7-17-6-5-11(9)16/h1-7H,(H2,16,17). The number of alkyl halides is 3. The van der Waals surface area contributed by atoms with Crippen LogP contribution in [-0.4, -0.2) is 4.98 Å². The van der Waals surface area contributed by atoms with Gasteiger partial charge in [0.15, 0.2) is 0 Å². The van der Waals surface area contributed by atoms with Gasteiger partial charge in [0.05, 0.1) is 5.56 Å². The van der Waals surface area contributed by atoms with Crippen molar-refractivity contribution in [1.29, 1.82) is 0 Å². The monoisotopic (exact) mass is 238 g/mol. The zero-order chi connectivity index (χ0) is 12.5. The molecule has 1 heterocycles. The topological polar surface area (TPSA) is 38.9 Å². The second-order valence-electron chi connectivity index (χ2n) is 3.51. The molecule has 2 aromatic rings. The van der Waals surface area contributed by atoms with E-state index in [1.54, 1.807) is 0 Å². The maximum Gasteiger partial charge on any atom is 0.417 e. The van der Waals surface area contributed by atoms with Gasteiger partial charge in [0.25, 0.3) is 0 Å². The largest absolute Gasteiger partial charge is 0.417 e. The van der Waals surface area contributed by atoms with Gasteiger partial charge in [-0.05, 0) is 17.7 Å². The molecular weight excluding hydrogens is 229 g/mol. The van der Waals surface area contributed by atoms with Gasteiger partial charge in [-0.2, -0.15) is 13.2 Å². The van der Waals surface area contributed by atoms with Gasteiger partial charge in [-0.1, -0.05) is 18.2 Å². The minimum atomic E-state index is -4.40. The molecule has 5 heteroatoms. The number of pyridine rings is 1. The first-order chi connectivity index (χ1) is 8.00. The molecule has 0 bridgehead atoms. The summed E-state index contributed by atoms with van der Waals surface area (Å²) < 4.78 is 38.4. The van der Waals surface area contributed by atoms with E-state index in [2.05, 4.69) is 4.98 Å². The minimum absolute atomic E-state index is 0.0469. The van der Waals surface area contributed by atoms with Crippen molar-refractivity contribution >= 4 is 5.69 Å². The average molecular weight is 238 g/mol. The Morgan fingerprint density at radius 2 is 1.71 bits per heavy atom. The number of rotatable bonds is 1. The molecule has 0 spiro atoms. The number of hydrogen-bond donors (Lipinski definition) is 1. The Hall–Kier alpha value is -2.04. The van der Waals surface area contributed by atoms with Crippen LogP contribution in [0.25, 0.3) is 11.1 Å². The lowest BCUT2D eigenvalue weighted by Gasteiger charge is -2.13. The molecule has 1 aromatic carbocycles. The number of hydrogen-bond acceptors (Lipinski definition) is 2. The summed E-state index contributed by atoms with van der Waals surface area (Å²) in [4.78, 5) is 3.80. The van der Waals surface area contributed by atoms with Gasteiger partial charge in [-0.25, -0.2) is 0 Å². The predicted molar refractivity (Wildman–Crippen MR) is 59.1 cm³/mol. The first-order valence-electron chi connectivity index (χ1n) is 4.86. The molecule has 0 saturated heterocycles. The molecule has 2 nitrogen and oxygen atoms in total. The van der Waals surface area contributed by atoms with Crippen molar-refractivity contribution in [3.8, 4) is 11.1 Å². The van der Waals surface area contributed by atoms with Crippen LogP contribution < -0.4 is 5.73 Å². The fraction of sp³-hybridized carbons (Fsp3) is 0.0833. The van der Waals surface area contributed by atoms with Gasteiger partial charge in [-0.15, -0.1) is 0 Å². The molecule has 0 radical (unpaired) electrons. The van der Waals surface area contributed by atoms with Gasteiger partial charge in [-0.3, -0.25) is 4.98 Å². The minimum Gasteiger partial charge on any atom is -0.398 e. The fourth-order valence-corrected chi connectivity index (χ4v) is 1.60. The Kier molecular flexibility index (Phi) is 2.75. The normalized spacial score (nSPS) is 11.5. The van der Waals surface area contributed by atoms with Crippen molar-refractivity contribution < 1.29 is 13.2 Å². The van der Waals surface area contributed by atoms with Crippen LogP contribution in [0.4, 0.5) is 18.9 Å². The lowest BCUT2D eigenvalue weighted by Crippen LogP contribution is -2.07. The van der Waals surface area contributed by atoms with Gasteiger partial charge in [0.1, 0.15) is 0 Å². The average Bonchev–Trinajstić information content (AvgIpc) is 2.28. The Balaban J connectivity index is 2.65. The zero-order valence-corrected chi connectivity index (χ0v) is 8.70. The number of aromatic nitrogens is 1. The molecule has 0 unspecified atom stereocenters. The van der Waals surface area contributed by atoms with E-state index >= 15 is 0 Å². The molecule has 1 aromatic heterocycles. The molecule has 0 atom stereocenters. The van der Waals surface area contributed by atoms with Crippen LogP contribution in [0.15, 0.2) is 42.7 Å². The van der Waals surface area contributed by atoms with Crippen molar-refractivity contribution in [2.24, 2.45) is 0 Å². The van der Waals surface area contributed by atoms with Crippen LogP contribution in [-0.2, 0) is 6.18 Å². The van der Waals surface area contributed by atoms with Crippen LogP contribution in [0.5, 0.6) is 0 Å². The molecule has 0 aliphatic carbocycles. The maximum absolute atomic E-state index is 12.8. The van der Waals surface area contributed by atoms with Crippen LogP contribution in [0, 0.1) is 0 Å². The Morgan fingerprint density at radius 1 is 1.00 bits per heavy atom. The number of halogens is 3. The molecule has 0 aliphatic rings. The third kappa shape index (κ3) is 2.22. The number of benzene rings is 1. The zero-order valence-electron chi connectivity index (χ0n) is 8.70. The first kappa shape index (κ1) is 11.4. The molecule has 88 valence electrons. The Labute approximate surface area is 95.9 Å². The summed E-state index contributed by atoms with van der Waals surface area (Å²) in [5, 5.41) is 0. The van der Waals surface area contributed by atoms with E-state index in [4.69, 9.17) is 5.73 Å². The summed E-state index contributed by atoms with van der Waals surface area (Å²) in [6, 6.07) is 6.77. The van der Waals surface area contributed by atoms with Crippen molar-refractivity contribution in [1.82, 2.24) is 4.98 Å². The third-order valence-corrected chi connectivity index (χ3v) is 2.38. The molecular formula is C12H9F3N2. The summed E-state index contributed by atoms with van der Waals surface area (Å²) in [6.07, 6.45) is -1.63. The van der Waals surface area contributed by atoms with E-state index in [9.17, 15) is 13.2 Å². The van der Waals surface area contributed by atoms with E-state index in [1.807, 2.05) is 0 Å². The van der Waals surface area contributed by atoms with Gasteiger partial charge in [0, 0.05) is 23.6 Å². The third-order valence-electron chi connectivity index (χ3n) is 2.38. The van der Waals surface area contributed by atoms with Crippen LogP contribution >= 0.6 is 0 Å². The van der Waals surface area contributed by atoms with Crippen molar-refractivity contribution in [2.45, 2.75) is 6.18 Å². The summed E-state index contributed by atoms with van der Waals surface area (Å²) >= 11 is 0. The molecule has 0 fully saturated rings. The molecule has 2 rings (SSSR count). The van der Waals surface area contributed by atoms with Crippen LogP contribution in [0.3, 0.4) is 0 Å². The van der Waals surface area contributed by atoms with E-state index in [1.165, 1.54) is 36.7 Å². The van der Waals surface area contributed by atoms with E-state index in [0.717, 1.165) is 6.07 Å². The van der Waals surface area contributed by atoms with Crippen LogP contribution in [0.1, 0.15) is 5.56 Å². The highest BCUT2D eigenvalue weighted by Gasteiger charge is 2.33. The Bertz CT molecular complexity index is 535. The lowest BCUT2D eigenvalue weighted by molar-refractivity contribution is -0.137. The Morgan fingerprint density at radius 3 is 2.35 bits per heavy atom. The van der Waals surface area contributed by atoms with E-state index in [0.29, 0.717) is 5.56 Å². The van der Waals surface area contributed by atoms with Crippen LogP contribution in [0.2, 0.25) is 0 Å². The number of nitrogens with two attached hydrogens (primary N) is 1. The molecule has 0 aliphatic heterocycles. The highest BCUT2D eigenvalue weighted by molar-refractivity contribution is 5.77. The summed E-state index contributed by atoms with van der Waals surface area (Å²) in [6.45, 7) is 0. The molecule has 17 heavy (non-hydrogen) atoms. The number of anilines is 1. The highest BCUT2D eigenvalue weighted by atomic mass is 19.4. The molecule has 0 saturated carbocycles. The summed E-state index contributed by atoms with van der Waals surface area (Å²) in [5.41, 5.74) is 5.56. The van der Waals surface area contributed by atoms with Crippen molar-refractivity contribution in [2.75, 3.05) is 5.73 Å². The summed E-state index contributed by atoms with van der Waals surface area (Å²) in [5.74, 6) is 0. The predicted octanol–water partition coefficient (Wildman–Crippen LogP) is 3.35. The summed E-state index contributed by atoms with van der Waals surface area (Å²) in [7, 11) is 0.